The minimum Gasteiger partial charge on any atom is -0.446 e. The molecular formula is C22H30N2O5. The van der Waals surface area contributed by atoms with Crippen molar-refractivity contribution in [1.29, 1.82) is 0 Å². The van der Waals surface area contributed by atoms with Crippen molar-refractivity contribution in [1.82, 2.24) is 10.2 Å². The molecule has 7 heteroatoms. The van der Waals surface area contributed by atoms with Crippen LogP contribution in [0.15, 0.2) is 30.3 Å². The van der Waals surface area contributed by atoms with Gasteiger partial charge >= 0.3 is 0 Å². The van der Waals surface area contributed by atoms with Gasteiger partial charge in [-0.05, 0) is 12.5 Å². The fourth-order valence-electron chi connectivity index (χ4n) is 2.80. The number of rotatable bonds is 5. The number of aromatic amines is 1. The summed E-state index contributed by atoms with van der Waals surface area (Å²) in [6.07, 6.45) is 16.0. The van der Waals surface area contributed by atoms with Crippen molar-refractivity contribution >= 4 is 0 Å². The van der Waals surface area contributed by atoms with E-state index in [9.17, 15) is 10.2 Å². The number of ether oxygens (including phenoxy) is 2. The van der Waals surface area contributed by atoms with E-state index >= 15 is 0 Å². The van der Waals surface area contributed by atoms with Crippen LogP contribution in [0.4, 0.5) is 0 Å². The van der Waals surface area contributed by atoms with Crippen LogP contribution in [0.1, 0.15) is 29.7 Å². The van der Waals surface area contributed by atoms with Crippen molar-refractivity contribution in [3.05, 3.63) is 47.2 Å². The van der Waals surface area contributed by atoms with Crippen LogP contribution in [0.2, 0.25) is 0 Å². The maximum atomic E-state index is 9.87. The lowest BCUT2D eigenvalue weighted by molar-refractivity contribution is -0.185. The summed E-state index contributed by atoms with van der Waals surface area (Å²) in [6.45, 7) is 1.82. The quantitative estimate of drug-likeness (QED) is 0.567. The molecule has 0 bridgehead atoms. The molecule has 2 aromatic rings. The summed E-state index contributed by atoms with van der Waals surface area (Å²) in [4.78, 5) is 0. The Morgan fingerprint density at radius 3 is 2.34 bits per heavy atom. The molecule has 0 aliphatic carbocycles. The lowest BCUT2D eigenvalue weighted by Gasteiger charge is -2.31. The van der Waals surface area contributed by atoms with Gasteiger partial charge in [0.25, 0.3) is 0 Å². The van der Waals surface area contributed by atoms with Crippen LogP contribution in [-0.2, 0) is 11.2 Å². The third-order valence-corrected chi connectivity index (χ3v) is 4.05. The molecule has 0 saturated carbocycles. The van der Waals surface area contributed by atoms with Gasteiger partial charge in [0.1, 0.15) is 0 Å². The lowest BCUT2D eigenvalue weighted by Crippen LogP contribution is -2.40. The van der Waals surface area contributed by atoms with E-state index < -0.39 is 18.5 Å². The zero-order valence-electron chi connectivity index (χ0n) is 16.9. The first-order valence-electron chi connectivity index (χ1n) is 8.96. The second-order valence-electron chi connectivity index (χ2n) is 5.91. The largest absolute Gasteiger partial charge is 0.446 e. The maximum absolute atomic E-state index is 9.87. The number of aliphatic hydroxyl groups is 3. The number of nitrogens with one attached hydrogen (secondary N) is 1. The van der Waals surface area contributed by atoms with Crippen LogP contribution in [0.25, 0.3) is 0 Å². The van der Waals surface area contributed by atoms with Crippen LogP contribution in [-0.4, -0.2) is 57.7 Å². The second-order valence-corrected chi connectivity index (χ2v) is 5.91. The third kappa shape index (κ3) is 8.39. The topological polar surface area (TPSA) is 108 Å². The fourth-order valence-corrected chi connectivity index (χ4v) is 2.80. The number of hydrogen-bond acceptors (Lipinski definition) is 6. The number of nitrogens with zero attached hydrogens (tertiary/aromatic N) is 1. The molecular weight excluding hydrogens is 372 g/mol. The minimum atomic E-state index is -0.604. The first-order valence-corrected chi connectivity index (χ1v) is 8.96. The lowest BCUT2D eigenvalue weighted by atomic mass is 10.0. The number of hydrogen-bond donors (Lipinski definition) is 4. The summed E-state index contributed by atoms with van der Waals surface area (Å²) in [6, 6.07) is 10.1. The summed E-state index contributed by atoms with van der Waals surface area (Å²) in [5.74, 6) is 0.488. The fraction of sp³-hybridized carbons (Fsp3) is 0.409. The zero-order chi connectivity index (χ0) is 22.2. The molecule has 1 fully saturated rings. The van der Waals surface area contributed by atoms with Crippen molar-refractivity contribution in [2.75, 3.05) is 13.7 Å². The molecule has 0 spiro atoms. The zero-order valence-corrected chi connectivity index (χ0v) is 16.9. The first-order chi connectivity index (χ1) is 14.2. The molecule has 1 aromatic carbocycles. The molecule has 3 rings (SSSR count). The van der Waals surface area contributed by atoms with Gasteiger partial charge in [0.2, 0.25) is 12.2 Å². The van der Waals surface area contributed by atoms with E-state index in [0.29, 0.717) is 25.1 Å². The molecule has 0 unspecified atom stereocenters. The smallest absolute Gasteiger partial charge is 0.238 e. The number of aryl methyl sites for hydroxylation is 1. The second kappa shape index (κ2) is 15.2. The standard InChI is InChI=1S/C17H22N2O4.2C2H2.CH4O/c1-11-15(7-12-5-3-2-4-6-12)17(19-18-11)23-16-9-13(21)8-14(10-20)22-16;3*1-2/h2-6,13-14,16,20-21H,7-10H2,1H3,(H,18,19);2*1-2H;2H,1H3/t13-,14-,16-;;;/m0.../s1. The highest BCUT2D eigenvalue weighted by Crippen LogP contribution is 2.27. The average Bonchev–Trinajstić information content (AvgIpc) is 3.12. The van der Waals surface area contributed by atoms with Crippen LogP contribution in [0.3, 0.4) is 0 Å². The summed E-state index contributed by atoms with van der Waals surface area (Å²) in [5, 5.41) is 33.3. The number of benzene rings is 1. The number of aliphatic hydroxyl groups excluding tert-OH is 3. The van der Waals surface area contributed by atoms with Crippen molar-refractivity contribution in [3.8, 4) is 31.6 Å². The molecule has 158 valence electrons. The monoisotopic (exact) mass is 402 g/mol. The molecule has 4 N–H and O–H groups in total. The molecule has 0 radical (unpaired) electrons. The highest BCUT2D eigenvalue weighted by Gasteiger charge is 2.30. The highest BCUT2D eigenvalue weighted by atomic mass is 16.7. The Balaban J connectivity index is 0.00000120. The molecule has 1 aliphatic heterocycles. The van der Waals surface area contributed by atoms with Gasteiger partial charge in [-0.3, -0.25) is 5.10 Å². The van der Waals surface area contributed by atoms with Gasteiger partial charge < -0.3 is 24.8 Å². The van der Waals surface area contributed by atoms with Gasteiger partial charge in [-0.25, -0.2) is 0 Å². The number of terminal acetylenes is 2. The summed E-state index contributed by atoms with van der Waals surface area (Å²) in [5.41, 5.74) is 3.08. The van der Waals surface area contributed by atoms with Crippen LogP contribution < -0.4 is 4.74 Å². The van der Waals surface area contributed by atoms with E-state index in [1.165, 1.54) is 5.56 Å². The van der Waals surface area contributed by atoms with Crippen molar-refractivity contribution in [2.24, 2.45) is 0 Å². The summed E-state index contributed by atoms with van der Waals surface area (Å²) < 4.78 is 11.5. The molecule has 29 heavy (non-hydrogen) atoms. The van der Waals surface area contributed by atoms with E-state index in [-0.39, 0.29) is 6.61 Å². The van der Waals surface area contributed by atoms with Gasteiger partial charge in [0.05, 0.1) is 18.8 Å². The van der Waals surface area contributed by atoms with Crippen LogP contribution in [0, 0.1) is 32.6 Å². The maximum Gasteiger partial charge on any atom is 0.238 e. The van der Waals surface area contributed by atoms with Crippen LogP contribution >= 0.6 is 0 Å². The highest BCUT2D eigenvalue weighted by molar-refractivity contribution is 5.35. The van der Waals surface area contributed by atoms with E-state index in [2.05, 4.69) is 48.0 Å². The Labute approximate surface area is 172 Å². The van der Waals surface area contributed by atoms with Gasteiger partial charge in [-0.2, -0.15) is 0 Å². The Hall–Kier alpha value is -2.81. The van der Waals surface area contributed by atoms with Gasteiger partial charge in [-0.15, -0.1) is 30.8 Å². The number of aromatic nitrogens is 2. The van der Waals surface area contributed by atoms with Gasteiger partial charge in [-0.1, -0.05) is 30.3 Å². The summed E-state index contributed by atoms with van der Waals surface area (Å²) in [7, 11) is 1.00. The molecule has 0 amide bonds. The minimum absolute atomic E-state index is 0.132. The Morgan fingerprint density at radius 2 is 1.76 bits per heavy atom. The molecule has 7 nitrogen and oxygen atoms in total. The van der Waals surface area contributed by atoms with Crippen molar-refractivity contribution < 1.29 is 24.8 Å². The molecule has 1 saturated heterocycles. The average molecular weight is 402 g/mol. The molecule has 2 heterocycles. The van der Waals surface area contributed by atoms with Crippen molar-refractivity contribution in [2.45, 2.75) is 44.7 Å². The normalized spacial score (nSPS) is 19.8. The summed E-state index contributed by atoms with van der Waals surface area (Å²) >= 11 is 0. The van der Waals surface area contributed by atoms with Gasteiger partial charge in [0.15, 0.2) is 0 Å². The van der Waals surface area contributed by atoms with E-state index in [4.69, 9.17) is 14.6 Å². The Kier molecular flexibility index (Phi) is 13.7. The number of H-pyrrole nitrogens is 1. The Morgan fingerprint density at radius 1 is 1.14 bits per heavy atom. The molecule has 1 aliphatic rings. The first kappa shape index (κ1) is 26.2. The van der Waals surface area contributed by atoms with E-state index in [1.54, 1.807) is 0 Å². The third-order valence-electron chi connectivity index (χ3n) is 4.05. The predicted molar refractivity (Wildman–Crippen MR) is 112 cm³/mol. The molecule has 1 aromatic heterocycles. The van der Waals surface area contributed by atoms with E-state index in [1.807, 2.05) is 25.1 Å². The Bertz CT molecular complexity index is 706. The van der Waals surface area contributed by atoms with E-state index in [0.717, 1.165) is 18.4 Å². The SMILES string of the molecule is C#C.C#C.CO.Cc1[nH]nc(O[C@H]2C[C@@H](O)C[C@@H](CO)O2)c1Cc1ccccc1. The van der Waals surface area contributed by atoms with Gasteiger partial charge in [0, 0.05) is 37.6 Å². The molecule has 3 atom stereocenters. The van der Waals surface area contributed by atoms with Crippen molar-refractivity contribution in [3.63, 3.8) is 0 Å². The predicted octanol–water partition coefficient (Wildman–Crippen LogP) is 1.65. The van der Waals surface area contributed by atoms with Crippen LogP contribution in [0.5, 0.6) is 5.88 Å².